The minimum atomic E-state index is -0.170. The quantitative estimate of drug-likeness (QED) is 0.0587. The predicted molar refractivity (Wildman–Crippen MR) is 281 cm³/mol. The average molecular weight is 883 g/mol. The van der Waals surface area contributed by atoms with E-state index in [1.54, 1.807) is 0 Å². The third kappa shape index (κ3) is 10.0. The number of benzene rings is 8. The first-order valence-corrected chi connectivity index (χ1v) is 24.2. The van der Waals surface area contributed by atoms with Gasteiger partial charge in [-0.3, -0.25) is 0 Å². The van der Waals surface area contributed by atoms with Crippen LogP contribution in [0.5, 0.6) is 23.0 Å². The molecule has 0 spiro atoms. The highest BCUT2D eigenvalue weighted by Crippen LogP contribution is 2.57. The third-order valence-corrected chi connectivity index (χ3v) is 13.2. The fraction of sp³-hybridized carbons (Fsp3) is 0.213. The van der Waals surface area contributed by atoms with Crippen LogP contribution in [0.15, 0.2) is 194 Å². The minimum absolute atomic E-state index is 0.170. The number of nitrogens with two attached hydrogens (primary N) is 2. The van der Waals surface area contributed by atoms with Gasteiger partial charge in [0.15, 0.2) is 0 Å². The van der Waals surface area contributed by atoms with E-state index in [-0.39, 0.29) is 5.41 Å². The van der Waals surface area contributed by atoms with Crippen LogP contribution < -0.4 is 30.7 Å². The molecular formula is C61H62N4O2. The van der Waals surface area contributed by atoms with E-state index in [2.05, 4.69) is 169 Å². The van der Waals surface area contributed by atoms with E-state index >= 15 is 0 Å². The summed E-state index contributed by atoms with van der Waals surface area (Å²) >= 11 is 0. The second-order valence-electron chi connectivity index (χ2n) is 17.8. The molecule has 0 bridgehead atoms. The molecule has 0 aliphatic heterocycles. The fourth-order valence-corrected chi connectivity index (χ4v) is 9.84. The van der Waals surface area contributed by atoms with Crippen LogP contribution in [0.2, 0.25) is 0 Å². The Bertz CT molecular complexity index is 2630. The Morgan fingerprint density at radius 3 is 1.04 bits per heavy atom. The molecule has 338 valence electrons. The summed E-state index contributed by atoms with van der Waals surface area (Å²) in [4.78, 5) is 4.77. The predicted octanol–water partition coefficient (Wildman–Crippen LogP) is 17.6. The van der Waals surface area contributed by atoms with Crippen LogP contribution in [0.1, 0.15) is 89.2 Å². The topological polar surface area (TPSA) is 77.0 Å². The lowest BCUT2D eigenvalue weighted by Gasteiger charge is -2.35. The van der Waals surface area contributed by atoms with E-state index in [1.165, 1.54) is 73.6 Å². The van der Waals surface area contributed by atoms with Crippen molar-refractivity contribution >= 4 is 45.5 Å². The van der Waals surface area contributed by atoms with Crippen LogP contribution in [0.25, 0.3) is 11.1 Å². The second-order valence-corrected chi connectivity index (χ2v) is 17.8. The van der Waals surface area contributed by atoms with Gasteiger partial charge in [0.2, 0.25) is 0 Å². The van der Waals surface area contributed by atoms with Crippen LogP contribution >= 0.6 is 0 Å². The molecule has 0 radical (unpaired) electrons. The summed E-state index contributed by atoms with van der Waals surface area (Å²) in [6.45, 7) is 4.62. The van der Waals surface area contributed by atoms with Gasteiger partial charge in [-0.1, -0.05) is 114 Å². The molecule has 6 heteroatoms. The smallest absolute Gasteiger partial charge is 0.127 e. The number of hydrogen-bond acceptors (Lipinski definition) is 6. The molecule has 6 nitrogen and oxygen atoms in total. The summed E-state index contributed by atoms with van der Waals surface area (Å²) < 4.78 is 12.5. The molecule has 1 aliphatic rings. The number of rotatable bonds is 20. The monoisotopic (exact) mass is 882 g/mol. The van der Waals surface area contributed by atoms with Crippen molar-refractivity contribution in [2.24, 2.45) is 0 Å². The van der Waals surface area contributed by atoms with Crippen molar-refractivity contribution in [2.45, 2.75) is 83.5 Å². The van der Waals surface area contributed by atoms with E-state index in [0.29, 0.717) is 11.4 Å². The average Bonchev–Trinajstić information content (AvgIpc) is 3.63. The summed E-state index contributed by atoms with van der Waals surface area (Å²) in [6.07, 6.45) is 11.9. The van der Waals surface area contributed by atoms with Gasteiger partial charge in [-0.15, -0.1) is 0 Å². The van der Waals surface area contributed by atoms with Gasteiger partial charge in [0.25, 0.3) is 0 Å². The first-order chi connectivity index (χ1) is 32.9. The zero-order chi connectivity index (χ0) is 46.0. The maximum Gasteiger partial charge on any atom is 0.127 e. The third-order valence-electron chi connectivity index (χ3n) is 13.2. The van der Waals surface area contributed by atoms with E-state index < -0.39 is 0 Å². The Labute approximate surface area is 397 Å². The highest BCUT2D eigenvalue weighted by Gasteiger charge is 2.43. The largest absolute Gasteiger partial charge is 0.457 e. The number of para-hydroxylation sites is 2. The van der Waals surface area contributed by atoms with Gasteiger partial charge >= 0.3 is 0 Å². The molecule has 0 saturated heterocycles. The van der Waals surface area contributed by atoms with Crippen LogP contribution in [0.3, 0.4) is 0 Å². The summed E-state index contributed by atoms with van der Waals surface area (Å²) in [7, 11) is 0. The first kappa shape index (κ1) is 44.7. The van der Waals surface area contributed by atoms with Crippen LogP contribution in [-0.4, -0.2) is 0 Å². The van der Waals surface area contributed by atoms with Crippen molar-refractivity contribution in [2.75, 3.05) is 21.3 Å². The zero-order valence-electron chi connectivity index (χ0n) is 38.9. The molecular weight excluding hydrogens is 821 g/mol. The number of anilines is 8. The number of unbranched alkanes of at least 4 members (excludes halogenated alkanes) is 6. The maximum absolute atomic E-state index is 6.24. The van der Waals surface area contributed by atoms with Crippen LogP contribution in [0.4, 0.5) is 45.5 Å². The maximum atomic E-state index is 6.24. The van der Waals surface area contributed by atoms with E-state index in [1.807, 2.05) is 48.5 Å². The zero-order valence-corrected chi connectivity index (χ0v) is 38.9. The summed E-state index contributed by atoms with van der Waals surface area (Å²) in [5, 5.41) is 0. The van der Waals surface area contributed by atoms with Gasteiger partial charge in [-0.25, -0.2) is 0 Å². The molecule has 0 saturated carbocycles. The number of fused-ring (bicyclic) bond motifs is 3. The SMILES string of the molecule is CCCCCCC1(CCCCCC)c2cc(N(c3ccccc3)c3ccc(Oc4ccc(N)cc4)cc3)ccc2-c2ccc(N(c3ccccc3)c3ccc(Oc4ccc(N)cc4)cc3)cc21. The number of nitrogens with zero attached hydrogens (tertiary/aromatic N) is 2. The molecule has 0 unspecified atom stereocenters. The van der Waals surface area contributed by atoms with Gasteiger partial charge in [0, 0.05) is 50.9 Å². The van der Waals surface area contributed by atoms with Crippen LogP contribution in [-0.2, 0) is 5.41 Å². The molecule has 4 N–H and O–H groups in total. The molecule has 0 heterocycles. The molecule has 0 aromatic heterocycles. The molecule has 8 aromatic carbocycles. The second kappa shape index (κ2) is 20.8. The van der Waals surface area contributed by atoms with Gasteiger partial charge in [-0.2, -0.15) is 0 Å². The molecule has 1 aliphatic carbocycles. The number of nitrogen functional groups attached to an aromatic ring is 2. The number of ether oxygens (including phenoxy) is 2. The van der Waals surface area contributed by atoms with Crippen molar-refractivity contribution in [1.82, 2.24) is 0 Å². The normalized spacial score (nSPS) is 12.3. The Morgan fingerprint density at radius 2 is 0.687 bits per heavy atom. The summed E-state index contributed by atoms with van der Waals surface area (Å²) in [6, 6.07) is 67.8. The van der Waals surface area contributed by atoms with E-state index in [4.69, 9.17) is 20.9 Å². The Morgan fingerprint density at radius 1 is 0.358 bits per heavy atom. The molecule has 0 atom stereocenters. The minimum Gasteiger partial charge on any atom is -0.457 e. The van der Waals surface area contributed by atoms with Crippen molar-refractivity contribution in [3.05, 3.63) is 205 Å². The van der Waals surface area contributed by atoms with Crippen molar-refractivity contribution in [3.8, 4) is 34.1 Å². The number of hydrogen-bond donors (Lipinski definition) is 2. The Kier molecular flexibility index (Phi) is 13.9. The molecule has 0 amide bonds. The lowest BCUT2D eigenvalue weighted by Crippen LogP contribution is -2.26. The highest BCUT2D eigenvalue weighted by atomic mass is 16.5. The molecule has 8 aromatic rings. The molecule has 9 rings (SSSR count). The summed E-state index contributed by atoms with van der Waals surface area (Å²) in [5.74, 6) is 3.04. The van der Waals surface area contributed by atoms with Crippen molar-refractivity contribution < 1.29 is 9.47 Å². The fourth-order valence-electron chi connectivity index (χ4n) is 9.84. The van der Waals surface area contributed by atoms with Gasteiger partial charge in [0.1, 0.15) is 23.0 Å². The first-order valence-electron chi connectivity index (χ1n) is 24.2. The van der Waals surface area contributed by atoms with Crippen molar-refractivity contribution in [3.63, 3.8) is 0 Å². The summed E-state index contributed by atoms with van der Waals surface area (Å²) in [5.41, 5.74) is 25.3. The molecule has 67 heavy (non-hydrogen) atoms. The van der Waals surface area contributed by atoms with E-state index in [9.17, 15) is 0 Å². The molecule has 0 fully saturated rings. The van der Waals surface area contributed by atoms with Crippen LogP contribution in [0, 0.1) is 0 Å². The van der Waals surface area contributed by atoms with Gasteiger partial charge < -0.3 is 30.7 Å². The van der Waals surface area contributed by atoms with Gasteiger partial charge in [-0.05, 0) is 181 Å². The lowest BCUT2D eigenvalue weighted by molar-refractivity contribution is 0.401. The van der Waals surface area contributed by atoms with Crippen molar-refractivity contribution in [1.29, 1.82) is 0 Å². The highest BCUT2D eigenvalue weighted by molar-refractivity contribution is 5.88. The lowest BCUT2D eigenvalue weighted by atomic mass is 9.70. The Balaban J connectivity index is 1.14. The van der Waals surface area contributed by atoms with Gasteiger partial charge in [0.05, 0.1) is 0 Å². The Hall–Kier alpha value is -7.44. The standard InChI is InChI=1S/C61H62N4O2/c1-3-5-7-15-41-61(42-16-8-6-4-2)59-43-51(64(47-17-11-9-12-18-47)49-25-35-55(36-26-49)66-53-31-21-45(62)22-32-53)29-39-57(59)58-40-30-52(44-60(58)61)65(48-19-13-10-14-20-48)50-27-37-56(38-28-50)67-54-33-23-46(63)24-34-54/h9-14,17-40,43-44H,3-8,15-16,41-42,62-63H2,1-2H3. The van der Waals surface area contributed by atoms with E-state index in [0.717, 1.165) is 70.0 Å².